The molecule has 134 valence electrons. The van der Waals surface area contributed by atoms with Crippen LogP contribution in [0.1, 0.15) is 15.9 Å². The largest absolute Gasteiger partial charge is 0.434 e. The lowest BCUT2D eigenvalue weighted by Crippen LogP contribution is -2.23. The molecule has 0 fully saturated rings. The number of H-pyrrole nitrogens is 1. The Morgan fingerprint density at radius 2 is 2.00 bits per heavy atom. The predicted molar refractivity (Wildman–Crippen MR) is 93.8 cm³/mol. The molecule has 0 bridgehead atoms. The third-order valence-electron chi connectivity index (χ3n) is 3.70. The van der Waals surface area contributed by atoms with Gasteiger partial charge in [-0.1, -0.05) is 11.6 Å². The number of benzene rings is 2. The molecule has 0 radical (unpaired) electrons. The van der Waals surface area contributed by atoms with Crippen LogP contribution in [0, 0.1) is 0 Å². The SMILES string of the molecule is O=C(NCc1cc(Cl)ccc1OC(F)F)c1ccc2[nH]ccc(=O)c2c1. The van der Waals surface area contributed by atoms with E-state index in [1.54, 1.807) is 12.1 Å². The molecular weight excluding hydrogens is 366 g/mol. The smallest absolute Gasteiger partial charge is 0.387 e. The van der Waals surface area contributed by atoms with E-state index in [0.717, 1.165) is 0 Å². The molecule has 0 aliphatic heterocycles. The number of hydrogen-bond acceptors (Lipinski definition) is 3. The Morgan fingerprint density at radius 3 is 2.77 bits per heavy atom. The molecule has 26 heavy (non-hydrogen) atoms. The molecule has 0 aliphatic carbocycles. The van der Waals surface area contributed by atoms with Crippen molar-refractivity contribution in [3.63, 3.8) is 0 Å². The second-order valence-electron chi connectivity index (χ2n) is 5.42. The molecule has 0 unspecified atom stereocenters. The average molecular weight is 379 g/mol. The van der Waals surface area contributed by atoms with Gasteiger partial charge in [0.15, 0.2) is 5.43 Å². The Hall–Kier alpha value is -2.93. The molecule has 5 nitrogen and oxygen atoms in total. The van der Waals surface area contributed by atoms with Crippen molar-refractivity contribution in [2.24, 2.45) is 0 Å². The van der Waals surface area contributed by atoms with Crippen LogP contribution in [0.15, 0.2) is 53.5 Å². The highest BCUT2D eigenvalue weighted by Crippen LogP contribution is 2.24. The number of alkyl halides is 2. The molecule has 2 N–H and O–H groups in total. The lowest BCUT2D eigenvalue weighted by atomic mass is 10.1. The zero-order chi connectivity index (χ0) is 18.7. The van der Waals surface area contributed by atoms with E-state index in [2.05, 4.69) is 15.0 Å². The number of aromatic amines is 1. The van der Waals surface area contributed by atoms with Crippen molar-refractivity contribution in [1.29, 1.82) is 0 Å². The van der Waals surface area contributed by atoms with Crippen LogP contribution in [0.2, 0.25) is 5.02 Å². The van der Waals surface area contributed by atoms with Crippen molar-refractivity contribution < 1.29 is 18.3 Å². The summed E-state index contributed by atoms with van der Waals surface area (Å²) in [6.07, 6.45) is 1.52. The van der Waals surface area contributed by atoms with Crippen LogP contribution < -0.4 is 15.5 Å². The molecular formula is C18H13ClF2N2O3. The van der Waals surface area contributed by atoms with Crippen LogP contribution in [-0.2, 0) is 6.54 Å². The summed E-state index contributed by atoms with van der Waals surface area (Å²) in [6, 6.07) is 10.2. The molecule has 0 aliphatic rings. The maximum absolute atomic E-state index is 12.5. The third-order valence-corrected chi connectivity index (χ3v) is 3.93. The summed E-state index contributed by atoms with van der Waals surface area (Å²) in [5, 5.41) is 3.31. The summed E-state index contributed by atoms with van der Waals surface area (Å²) in [4.78, 5) is 27.1. The highest BCUT2D eigenvalue weighted by Gasteiger charge is 2.13. The van der Waals surface area contributed by atoms with Crippen LogP contribution in [0.5, 0.6) is 5.75 Å². The number of hydrogen-bond donors (Lipinski definition) is 2. The molecule has 0 atom stereocenters. The zero-order valence-corrected chi connectivity index (χ0v) is 14.0. The molecule has 2 aromatic carbocycles. The topological polar surface area (TPSA) is 71.2 Å². The highest BCUT2D eigenvalue weighted by atomic mass is 35.5. The molecule has 3 rings (SSSR count). The van der Waals surface area contributed by atoms with Gasteiger partial charge in [-0.25, -0.2) is 0 Å². The summed E-state index contributed by atoms with van der Waals surface area (Å²) < 4.78 is 29.4. The van der Waals surface area contributed by atoms with Gasteiger partial charge in [-0.2, -0.15) is 8.78 Å². The van der Waals surface area contributed by atoms with Crippen molar-refractivity contribution in [1.82, 2.24) is 10.3 Å². The van der Waals surface area contributed by atoms with Crippen LogP contribution in [0.4, 0.5) is 8.78 Å². The predicted octanol–water partition coefficient (Wildman–Crippen LogP) is 3.71. The number of carbonyl (C=O) groups is 1. The standard InChI is InChI=1S/C18H13ClF2N2O3/c19-12-2-4-16(26-18(20)21)11(7-12)9-23-17(25)10-1-3-14-13(8-10)15(24)5-6-22-14/h1-8,18H,9H2,(H,22,24)(H,23,25). The fourth-order valence-corrected chi connectivity index (χ4v) is 2.68. The number of fused-ring (bicyclic) bond motifs is 1. The van der Waals surface area contributed by atoms with Gasteiger partial charge in [-0.15, -0.1) is 0 Å². The normalized spacial score (nSPS) is 10.9. The van der Waals surface area contributed by atoms with Gasteiger partial charge in [-0.3, -0.25) is 9.59 Å². The Morgan fingerprint density at radius 1 is 1.19 bits per heavy atom. The number of halogens is 3. The van der Waals surface area contributed by atoms with Crippen molar-refractivity contribution in [2.45, 2.75) is 13.2 Å². The van der Waals surface area contributed by atoms with E-state index in [0.29, 0.717) is 21.5 Å². The highest BCUT2D eigenvalue weighted by molar-refractivity contribution is 6.30. The van der Waals surface area contributed by atoms with E-state index in [4.69, 9.17) is 11.6 Å². The minimum atomic E-state index is -2.99. The number of pyridine rings is 1. The van der Waals surface area contributed by atoms with E-state index in [-0.39, 0.29) is 23.3 Å². The van der Waals surface area contributed by atoms with Gasteiger partial charge in [0.05, 0.1) is 0 Å². The number of aromatic nitrogens is 1. The van der Waals surface area contributed by atoms with E-state index in [9.17, 15) is 18.4 Å². The van der Waals surface area contributed by atoms with Crippen molar-refractivity contribution >= 4 is 28.4 Å². The number of amides is 1. The van der Waals surface area contributed by atoms with E-state index < -0.39 is 12.5 Å². The van der Waals surface area contributed by atoms with E-state index in [1.165, 1.54) is 36.5 Å². The van der Waals surface area contributed by atoms with Crippen LogP contribution in [0.25, 0.3) is 10.9 Å². The second kappa shape index (κ2) is 7.53. The fourth-order valence-electron chi connectivity index (χ4n) is 2.49. The lowest BCUT2D eigenvalue weighted by molar-refractivity contribution is -0.0504. The number of ether oxygens (including phenoxy) is 1. The molecule has 0 spiro atoms. The maximum Gasteiger partial charge on any atom is 0.387 e. The third kappa shape index (κ3) is 4.00. The molecule has 1 amide bonds. The summed E-state index contributed by atoms with van der Waals surface area (Å²) in [5.74, 6) is -0.530. The van der Waals surface area contributed by atoms with Crippen LogP contribution >= 0.6 is 11.6 Å². The van der Waals surface area contributed by atoms with Gasteiger partial charge in [0.2, 0.25) is 0 Å². The van der Waals surface area contributed by atoms with E-state index >= 15 is 0 Å². The lowest BCUT2D eigenvalue weighted by Gasteiger charge is -2.12. The monoisotopic (exact) mass is 378 g/mol. The van der Waals surface area contributed by atoms with Gasteiger partial charge >= 0.3 is 6.61 Å². The summed E-state index contributed by atoms with van der Waals surface area (Å²) in [5.41, 5.74) is 0.977. The fraction of sp³-hybridized carbons (Fsp3) is 0.111. The summed E-state index contributed by atoms with van der Waals surface area (Å²) in [7, 11) is 0. The Balaban J connectivity index is 1.80. The first-order valence-electron chi connectivity index (χ1n) is 7.57. The Bertz CT molecular complexity index is 1020. The summed E-state index contributed by atoms with van der Waals surface area (Å²) in [6.45, 7) is -3.05. The van der Waals surface area contributed by atoms with Gasteiger partial charge in [0.1, 0.15) is 5.75 Å². The Labute approximate surface area is 151 Å². The molecule has 1 aromatic heterocycles. The first kappa shape index (κ1) is 17.9. The van der Waals surface area contributed by atoms with Gasteiger partial charge < -0.3 is 15.0 Å². The molecule has 8 heteroatoms. The van der Waals surface area contributed by atoms with Crippen molar-refractivity contribution in [3.05, 3.63) is 75.0 Å². The number of nitrogens with one attached hydrogen (secondary N) is 2. The van der Waals surface area contributed by atoms with Crippen molar-refractivity contribution in [3.8, 4) is 5.75 Å². The summed E-state index contributed by atoms with van der Waals surface area (Å²) >= 11 is 5.87. The van der Waals surface area contributed by atoms with E-state index in [1.807, 2.05) is 0 Å². The quantitative estimate of drug-likeness (QED) is 0.711. The van der Waals surface area contributed by atoms with Gasteiger partial charge in [0.25, 0.3) is 5.91 Å². The van der Waals surface area contributed by atoms with Crippen LogP contribution in [0.3, 0.4) is 0 Å². The maximum atomic E-state index is 12.5. The Kier molecular flexibility index (Phi) is 5.18. The van der Waals surface area contributed by atoms with Gasteiger partial charge in [-0.05, 0) is 36.4 Å². The molecule has 0 saturated carbocycles. The second-order valence-corrected chi connectivity index (χ2v) is 5.85. The molecule has 3 aromatic rings. The average Bonchev–Trinajstić information content (AvgIpc) is 2.61. The van der Waals surface area contributed by atoms with Crippen LogP contribution in [-0.4, -0.2) is 17.5 Å². The number of carbonyl (C=O) groups excluding carboxylic acids is 1. The minimum Gasteiger partial charge on any atom is -0.434 e. The molecule has 0 saturated heterocycles. The first-order chi connectivity index (χ1) is 12.4. The van der Waals surface area contributed by atoms with Gasteiger partial charge in [0, 0.05) is 45.9 Å². The zero-order valence-electron chi connectivity index (χ0n) is 13.3. The minimum absolute atomic E-state index is 0.0649. The molecule has 1 heterocycles. The number of rotatable bonds is 5. The van der Waals surface area contributed by atoms with Crippen molar-refractivity contribution in [2.75, 3.05) is 0 Å². The first-order valence-corrected chi connectivity index (χ1v) is 7.95.